The summed E-state index contributed by atoms with van der Waals surface area (Å²) in [6, 6.07) is 9.70. The number of aromatic nitrogens is 3. The van der Waals surface area contributed by atoms with E-state index in [1.807, 2.05) is 0 Å². The molecule has 0 unspecified atom stereocenters. The van der Waals surface area contributed by atoms with E-state index in [4.69, 9.17) is 11.6 Å². The van der Waals surface area contributed by atoms with Crippen LogP contribution in [0.25, 0.3) is 5.69 Å². The fourth-order valence-corrected chi connectivity index (χ4v) is 4.73. The van der Waals surface area contributed by atoms with Crippen molar-refractivity contribution in [1.29, 1.82) is 0 Å². The number of halogens is 1. The fourth-order valence-electron chi connectivity index (χ4n) is 3.63. The van der Waals surface area contributed by atoms with Crippen LogP contribution in [0.4, 0.5) is 11.4 Å². The molecular weight excluding hydrogens is 452 g/mol. The van der Waals surface area contributed by atoms with Crippen LogP contribution in [-0.2, 0) is 10.0 Å². The zero-order valence-corrected chi connectivity index (χ0v) is 19.3. The van der Waals surface area contributed by atoms with Gasteiger partial charge in [0.15, 0.2) is 0 Å². The number of carbonyl (C=O) groups excluding carboxylic acids is 1. The van der Waals surface area contributed by atoms with E-state index >= 15 is 0 Å². The standard InChI is InChI=1S/C21H23ClN6O3S/c1-26(2)32(30,31)16-6-8-19(27-9-3-4-10-27)17(12-16)21(29)25-18-11-15(22)5-7-20(18)28-14-23-13-24-28/h5-8,11-14H,3-4,9-10H2,1-2H3,(H,25,29). The minimum atomic E-state index is -3.71. The Kier molecular flexibility index (Phi) is 6.18. The predicted octanol–water partition coefficient (Wildman–Crippen LogP) is 3.02. The van der Waals surface area contributed by atoms with Crippen molar-refractivity contribution in [3.05, 3.63) is 59.6 Å². The predicted molar refractivity (Wildman–Crippen MR) is 123 cm³/mol. The third-order valence-corrected chi connectivity index (χ3v) is 7.36. The van der Waals surface area contributed by atoms with Crippen LogP contribution >= 0.6 is 11.6 Å². The zero-order chi connectivity index (χ0) is 22.9. The normalized spacial score (nSPS) is 14.2. The number of nitrogens with one attached hydrogen (secondary N) is 1. The van der Waals surface area contributed by atoms with Crippen LogP contribution in [0.15, 0.2) is 53.9 Å². The van der Waals surface area contributed by atoms with Crippen molar-refractivity contribution in [2.24, 2.45) is 0 Å². The van der Waals surface area contributed by atoms with Crippen LogP contribution in [0.1, 0.15) is 23.2 Å². The number of anilines is 2. The maximum absolute atomic E-state index is 13.4. The average molecular weight is 475 g/mol. The maximum atomic E-state index is 13.4. The topological polar surface area (TPSA) is 100 Å². The largest absolute Gasteiger partial charge is 0.371 e. The first-order chi connectivity index (χ1) is 15.3. The Balaban J connectivity index is 1.77. The van der Waals surface area contributed by atoms with Crippen LogP contribution in [0.2, 0.25) is 5.02 Å². The van der Waals surface area contributed by atoms with Gasteiger partial charge in [-0.1, -0.05) is 11.6 Å². The molecule has 3 aromatic rings. The molecule has 0 spiro atoms. The van der Waals surface area contributed by atoms with E-state index in [1.165, 1.54) is 37.5 Å². The second-order valence-electron chi connectivity index (χ2n) is 7.62. The molecule has 1 aromatic heterocycles. The summed E-state index contributed by atoms with van der Waals surface area (Å²) in [4.78, 5) is 19.5. The van der Waals surface area contributed by atoms with Gasteiger partial charge in [-0.2, -0.15) is 5.10 Å². The van der Waals surface area contributed by atoms with Gasteiger partial charge in [0, 0.05) is 37.9 Å². The molecule has 4 rings (SSSR count). The van der Waals surface area contributed by atoms with Gasteiger partial charge < -0.3 is 10.2 Å². The van der Waals surface area contributed by atoms with Crippen LogP contribution < -0.4 is 10.2 Å². The molecule has 0 atom stereocenters. The van der Waals surface area contributed by atoms with Gasteiger partial charge in [-0.15, -0.1) is 0 Å². The summed E-state index contributed by atoms with van der Waals surface area (Å²) in [5.74, 6) is -0.439. The summed E-state index contributed by atoms with van der Waals surface area (Å²) in [6.07, 6.45) is 4.94. The lowest BCUT2D eigenvalue weighted by Crippen LogP contribution is -2.26. The molecule has 0 aliphatic carbocycles. The van der Waals surface area contributed by atoms with E-state index in [9.17, 15) is 13.2 Å². The van der Waals surface area contributed by atoms with Crippen molar-refractivity contribution in [2.75, 3.05) is 37.4 Å². The molecule has 168 valence electrons. The molecule has 1 aliphatic heterocycles. The zero-order valence-electron chi connectivity index (χ0n) is 17.7. The summed E-state index contributed by atoms with van der Waals surface area (Å²) in [5, 5.41) is 7.44. The third kappa shape index (κ3) is 4.34. The highest BCUT2D eigenvalue weighted by Gasteiger charge is 2.25. The SMILES string of the molecule is CN(C)S(=O)(=O)c1ccc(N2CCCC2)c(C(=O)Nc2cc(Cl)ccc2-n2cncn2)c1. The minimum Gasteiger partial charge on any atom is -0.371 e. The smallest absolute Gasteiger partial charge is 0.257 e. The van der Waals surface area contributed by atoms with Gasteiger partial charge in [0.25, 0.3) is 5.91 Å². The van der Waals surface area contributed by atoms with Crippen molar-refractivity contribution in [3.8, 4) is 5.69 Å². The number of sulfonamides is 1. The Hall–Kier alpha value is -2.95. The Morgan fingerprint density at radius 3 is 2.47 bits per heavy atom. The van der Waals surface area contributed by atoms with Gasteiger partial charge in [0.05, 0.1) is 21.8 Å². The quantitative estimate of drug-likeness (QED) is 0.589. The summed E-state index contributed by atoms with van der Waals surface area (Å²) in [7, 11) is -0.789. The molecule has 2 aromatic carbocycles. The molecule has 0 radical (unpaired) electrons. The molecule has 1 aliphatic rings. The number of carbonyl (C=O) groups is 1. The van der Waals surface area contributed by atoms with E-state index < -0.39 is 15.9 Å². The molecule has 1 N–H and O–H groups in total. The Labute approximate surface area is 191 Å². The Bertz CT molecular complexity index is 1240. The molecule has 11 heteroatoms. The third-order valence-electron chi connectivity index (χ3n) is 5.31. The lowest BCUT2D eigenvalue weighted by atomic mass is 10.1. The van der Waals surface area contributed by atoms with E-state index in [1.54, 1.807) is 30.3 Å². The minimum absolute atomic E-state index is 0.0539. The van der Waals surface area contributed by atoms with Crippen LogP contribution in [0.3, 0.4) is 0 Å². The molecule has 1 amide bonds. The van der Waals surface area contributed by atoms with Gasteiger partial charge >= 0.3 is 0 Å². The monoisotopic (exact) mass is 474 g/mol. The highest BCUT2D eigenvalue weighted by molar-refractivity contribution is 7.89. The second kappa shape index (κ2) is 8.89. The lowest BCUT2D eigenvalue weighted by Gasteiger charge is -2.22. The number of rotatable bonds is 6. The van der Waals surface area contributed by atoms with E-state index in [2.05, 4.69) is 20.3 Å². The van der Waals surface area contributed by atoms with Crippen molar-refractivity contribution < 1.29 is 13.2 Å². The van der Waals surface area contributed by atoms with Gasteiger partial charge in [-0.05, 0) is 49.2 Å². The van der Waals surface area contributed by atoms with Gasteiger partial charge in [0.2, 0.25) is 10.0 Å². The molecule has 32 heavy (non-hydrogen) atoms. The summed E-state index contributed by atoms with van der Waals surface area (Å²) in [5.41, 5.74) is 1.99. The first kappa shape index (κ1) is 22.3. The number of hydrogen-bond acceptors (Lipinski definition) is 6. The molecule has 2 heterocycles. The van der Waals surface area contributed by atoms with E-state index in [0.29, 0.717) is 22.1 Å². The van der Waals surface area contributed by atoms with Crippen LogP contribution in [0.5, 0.6) is 0 Å². The fraction of sp³-hybridized carbons (Fsp3) is 0.286. The van der Waals surface area contributed by atoms with Crippen molar-refractivity contribution in [3.63, 3.8) is 0 Å². The number of amides is 1. The summed E-state index contributed by atoms with van der Waals surface area (Å²) in [6.45, 7) is 1.61. The Morgan fingerprint density at radius 1 is 1.09 bits per heavy atom. The molecule has 1 saturated heterocycles. The molecule has 9 nitrogen and oxygen atoms in total. The van der Waals surface area contributed by atoms with Crippen molar-refractivity contribution in [2.45, 2.75) is 17.7 Å². The number of benzene rings is 2. The summed E-state index contributed by atoms with van der Waals surface area (Å²) < 4.78 is 28.0. The molecule has 0 bridgehead atoms. The van der Waals surface area contributed by atoms with Crippen LogP contribution in [-0.4, -0.2) is 60.6 Å². The maximum Gasteiger partial charge on any atom is 0.257 e. The van der Waals surface area contributed by atoms with Gasteiger partial charge in [-0.25, -0.2) is 22.4 Å². The highest BCUT2D eigenvalue weighted by Crippen LogP contribution is 2.30. The summed E-state index contributed by atoms with van der Waals surface area (Å²) >= 11 is 6.17. The van der Waals surface area contributed by atoms with E-state index in [-0.39, 0.29) is 10.5 Å². The first-order valence-electron chi connectivity index (χ1n) is 10.0. The lowest BCUT2D eigenvalue weighted by molar-refractivity contribution is 0.102. The first-order valence-corrected chi connectivity index (χ1v) is 11.9. The number of nitrogens with zero attached hydrogens (tertiary/aromatic N) is 5. The Morgan fingerprint density at radius 2 is 1.81 bits per heavy atom. The van der Waals surface area contributed by atoms with Gasteiger partial charge in [-0.3, -0.25) is 4.79 Å². The average Bonchev–Trinajstić information content (AvgIpc) is 3.48. The van der Waals surface area contributed by atoms with Gasteiger partial charge in [0.1, 0.15) is 12.7 Å². The molecular formula is C21H23ClN6O3S. The van der Waals surface area contributed by atoms with Crippen LogP contribution in [0, 0.1) is 0 Å². The second-order valence-corrected chi connectivity index (χ2v) is 10.2. The molecule has 0 saturated carbocycles. The van der Waals surface area contributed by atoms with E-state index in [0.717, 1.165) is 30.2 Å². The highest BCUT2D eigenvalue weighted by atomic mass is 35.5. The van der Waals surface area contributed by atoms with Crippen molar-refractivity contribution in [1.82, 2.24) is 19.1 Å². The molecule has 1 fully saturated rings. The van der Waals surface area contributed by atoms with Crippen molar-refractivity contribution >= 4 is 38.9 Å². The number of hydrogen-bond donors (Lipinski definition) is 1.